The normalized spacial score (nSPS) is 11.2. The molecule has 0 fully saturated rings. The molecule has 0 aliphatic heterocycles. The molecule has 3 rings (SSSR count). The SMILES string of the molecule is CCCCCNC(=O)c1cc2c(=O)n3ccccc3nc2n(CC)c1=N. The van der Waals surface area contributed by atoms with Gasteiger partial charge in [0.2, 0.25) is 0 Å². The molecule has 0 bridgehead atoms. The second kappa shape index (κ2) is 7.51. The van der Waals surface area contributed by atoms with Crippen molar-refractivity contribution in [3.8, 4) is 0 Å². The molecule has 7 heteroatoms. The van der Waals surface area contributed by atoms with Crippen molar-refractivity contribution < 1.29 is 4.79 Å². The number of aromatic nitrogens is 3. The Morgan fingerprint density at radius 2 is 2.08 bits per heavy atom. The fraction of sp³-hybridized carbons (Fsp3) is 0.368. The summed E-state index contributed by atoms with van der Waals surface area (Å²) in [5.41, 5.74) is 0.971. The minimum absolute atomic E-state index is 0.0696. The Morgan fingerprint density at radius 3 is 2.81 bits per heavy atom. The summed E-state index contributed by atoms with van der Waals surface area (Å²) < 4.78 is 3.06. The Kier molecular flexibility index (Phi) is 5.16. The fourth-order valence-electron chi connectivity index (χ4n) is 3.04. The van der Waals surface area contributed by atoms with Gasteiger partial charge in [0.25, 0.3) is 11.5 Å². The van der Waals surface area contributed by atoms with E-state index in [1.807, 2.05) is 13.0 Å². The average Bonchev–Trinajstić information content (AvgIpc) is 2.65. The van der Waals surface area contributed by atoms with Gasteiger partial charge in [-0.2, -0.15) is 0 Å². The Bertz CT molecular complexity index is 1080. The highest BCUT2D eigenvalue weighted by Gasteiger charge is 2.16. The monoisotopic (exact) mass is 353 g/mol. The molecule has 1 amide bonds. The van der Waals surface area contributed by atoms with Crippen molar-refractivity contribution in [1.82, 2.24) is 19.3 Å². The minimum Gasteiger partial charge on any atom is -0.352 e. The van der Waals surface area contributed by atoms with Crippen LogP contribution in [0.5, 0.6) is 0 Å². The number of pyridine rings is 2. The summed E-state index contributed by atoms with van der Waals surface area (Å²) in [4.78, 5) is 29.9. The lowest BCUT2D eigenvalue weighted by molar-refractivity contribution is 0.0950. The molecule has 0 saturated carbocycles. The number of carbonyl (C=O) groups is 1. The number of rotatable bonds is 6. The maximum Gasteiger partial charge on any atom is 0.267 e. The van der Waals surface area contributed by atoms with Crippen LogP contribution >= 0.6 is 0 Å². The van der Waals surface area contributed by atoms with Crippen molar-refractivity contribution in [3.05, 3.63) is 51.9 Å². The number of hydrogen-bond acceptors (Lipinski definition) is 4. The summed E-state index contributed by atoms with van der Waals surface area (Å²) in [5, 5.41) is 11.6. The van der Waals surface area contributed by atoms with E-state index in [9.17, 15) is 9.59 Å². The Morgan fingerprint density at radius 1 is 1.27 bits per heavy atom. The largest absolute Gasteiger partial charge is 0.352 e. The lowest BCUT2D eigenvalue weighted by atomic mass is 10.2. The second-order valence-corrected chi connectivity index (χ2v) is 6.20. The van der Waals surface area contributed by atoms with Gasteiger partial charge in [-0.05, 0) is 31.5 Å². The van der Waals surface area contributed by atoms with Crippen LogP contribution in [0.25, 0.3) is 16.7 Å². The maximum absolute atomic E-state index is 12.9. The average molecular weight is 353 g/mol. The van der Waals surface area contributed by atoms with Gasteiger partial charge in [-0.15, -0.1) is 0 Å². The molecule has 0 saturated heterocycles. The molecule has 0 unspecified atom stereocenters. The van der Waals surface area contributed by atoms with Crippen molar-refractivity contribution in [3.63, 3.8) is 0 Å². The first kappa shape index (κ1) is 17.8. The molecule has 0 aliphatic rings. The lowest BCUT2D eigenvalue weighted by Crippen LogP contribution is -2.35. The van der Waals surface area contributed by atoms with Gasteiger partial charge in [0.05, 0.1) is 10.9 Å². The van der Waals surface area contributed by atoms with Crippen LogP contribution in [0.1, 0.15) is 43.5 Å². The minimum atomic E-state index is -0.326. The molecule has 3 heterocycles. The summed E-state index contributed by atoms with van der Waals surface area (Å²) >= 11 is 0. The number of amides is 1. The van der Waals surface area contributed by atoms with E-state index in [-0.39, 0.29) is 22.5 Å². The molecule has 0 aromatic carbocycles. The predicted molar refractivity (Wildman–Crippen MR) is 100 cm³/mol. The maximum atomic E-state index is 12.9. The lowest BCUT2D eigenvalue weighted by Gasteiger charge is -2.13. The molecule has 3 aromatic heterocycles. The van der Waals surface area contributed by atoms with Crippen LogP contribution in [0.15, 0.2) is 35.3 Å². The molecule has 136 valence electrons. The van der Waals surface area contributed by atoms with Crippen LogP contribution in [0.2, 0.25) is 0 Å². The summed E-state index contributed by atoms with van der Waals surface area (Å²) in [6.07, 6.45) is 4.66. The van der Waals surface area contributed by atoms with Crippen molar-refractivity contribution in [2.75, 3.05) is 6.54 Å². The number of nitrogens with zero attached hydrogens (tertiary/aromatic N) is 3. The third kappa shape index (κ3) is 3.12. The summed E-state index contributed by atoms with van der Waals surface area (Å²) in [5.74, 6) is -0.326. The van der Waals surface area contributed by atoms with Gasteiger partial charge in [0.15, 0.2) is 0 Å². The standard InChI is InChI=1S/C19H23N5O2/c1-3-5-7-10-21-18(25)13-12-14-17(23(4-2)16(13)20)22-15-9-6-8-11-24(15)19(14)26/h6,8-9,11-12,20H,3-5,7,10H2,1-2H3,(H,21,25). The molecule has 26 heavy (non-hydrogen) atoms. The van der Waals surface area contributed by atoms with Crippen molar-refractivity contribution >= 4 is 22.6 Å². The molecule has 0 radical (unpaired) electrons. The number of hydrogen-bond donors (Lipinski definition) is 2. The Hall–Kier alpha value is -2.96. The van der Waals surface area contributed by atoms with Gasteiger partial charge >= 0.3 is 0 Å². The first-order valence-electron chi connectivity index (χ1n) is 8.96. The highest BCUT2D eigenvalue weighted by atomic mass is 16.1. The van der Waals surface area contributed by atoms with E-state index in [4.69, 9.17) is 5.41 Å². The van der Waals surface area contributed by atoms with Crippen LogP contribution in [0.4, 0.5) is 0 Å². The van der Waals surface area contributed by atoms with E-state index < -0.39 is 0 Å². The number of carbonyl (C=O) groups excluding carboxylic acids is 1. The van der Waals surface area contributed by atoms with Crippen LogP contribution < -0.4 is 16.4 Å². The number of nitrogens with one attached hydrogen (secondary N) is 2. The summed E-state index contributed by atoms with van der Waals surface area (Å²) in [6, 6.07) is 6.81. The van der Waals surface area contributed by atoms with Crippen LogP contribution in [-0.2, 0) is 6.54 Å². The zero-order chi connectivity index (χ0) is 18.7. The van der Waals surface area contributed by atoms with E-state index in [0.29, 0.717) is 29.8 Å². The molecule has 7 nitrogen and oxygen atoms in total. The van der Waals surface area contributed by atoms with Crippen LogP contribution in [-0.4, -0.2) is 26.4 Å². The second-order valence-electron chi connectivity index (χ2n) is 6.20. The number of unbranched alkanes of at least 4 members (excludes halogenated alkanes) is 2. The topological polar surface area (TPSA) is 92.2 Å². The molecular formula is C19H23N5O2. The molecule has 0 aliphatic carbocycles. The van der Waals surface area contributed by atoms with E-state index in [1.165, 1.54) is 10.5 Å². The van der Waals surface area contributed by atoms with Gasteiger partial charge in [0.1, 0.15) is 16.8 Å². The first-order valence-corrected chi connectivity index (χ1v) is 8.96. The molecule has 0 atom stereocenters. The number of aryl methyl sites for hydroxylation is 1. The highest BCUT2D eigenvalue weighted by molar-refractivity contribution is 5.96. The molecule has 2 N–H and O–H groups in total. The van der Waals surface area contributed by atoms with Crippen molar-refractivity contribution in [1.29, 1.82) is 5.41 Å². The zero-order valence-corrected chi connectivity index (χ0v) is 15.1. The molecular weight excluding hydrogens is 330 g/mol. The van der Waals surface area contributed by atoms with Gasteiger partial charge in [-0.25, -0.2) is 4.98 Å². The summed E-state index contributed by atoms with van der Waals surface area (Å²) in [7, 11) is 0. The van der Waals surface area contributed by atoms with Gasteiger partial charge < -0.3 is 9.88 Å². The fourth-order valence-corrected chi connectivity index (χ4v) is 3.04. The Balaban J connectivity index is 2.16. The van der Waals surface area contributed by atoms with E-state index in [1.54, 1.807) is 22.9 Å². The first-order chi connectivity index (χ1) is 12.6. The third-order valence-electron chi connectivity index (χ3n) is 4.45. The van der Waals surface area contributed by atoms with Gasteiger partial charge in [0, 0.05) is 19.3 Å². The predicted octanol–water partition coefficient (Wildman–Crippen LogP) is 2.07. The molecule has 0 spiro atoms. The quantitative estimate of drug-likeness (QED) is 0.525. The van der Waals surface area contributed by atoms with Gasteiger partial charge in [-0.1, -0.05) is 25.8 Å². The van der Waals surface area contributed by atoms with Crippen molar-refractivity contribution in [2.45, 2.75) is 39.7 Å². The van der Waals surface area contributed by atoms with E-state index >= 15 is 0 Å². The smallest absolute Gasteiger partial charge is 0.267 e. The highest BCUT2D eigenvalue weighted by Crippen LogP contribution is 2.10. The van der Waals surface area contributed by atoms with Crippen LogP contribution in [0, 0.1) is 5.41 Å². The van der Waals surface area contributed by atoms with E-state index in [0.717, 1.165) is 19.3 Å². The summed E-state index contributed by atoms with van der Waals surface area (Å²) in [6.45, 7) is 4.98. The Labute approximate surface area is 150 Å². The third-order valence-corrected chi connectivity index (χ3v) is 4.45. The molecule has 3 aromatic rings. The van der Waals surface area contributed by atoms with Gasteiger partial charge in [-0.3, -0.25) is 19.4 Å². The van der Waals surface area contributed by atoms with E-state index in [2.05, 4.69) is 17.2 Å². The number of fused-ring (bicyclic) bond motifs is 2. The van der Waals surface area contributed by atoms with Crippen LogP contribution in [0.3, 0.4) is 0 Å². The van der Waals surface area contributed by atoms with Crippen molar-refractivity contribution in [2.24, 2.45) is 0 Å². The zero-order valence-electron chi connectivity index (χ0n) is 15.1.